The van der Waals surface area contributed by atoms with Crippen molar-refractivity contribution < 1.29 is 27.8 Å². The summed E-state index contributed by atoms with van der Waals surface area (Å²) < 4.78 is 38.3. The largest absolute Gasteiger partial charge is 0.396 e. The van der Waals surface area contributed by atoms with Gasteiger partial charge < -0.3 is 15.1 Å². The molecule has 0 bridgehead atoms. The first-order chi connectivity index (χ1) is 20.7. The molecule has 1 amide bonds. The van der Waals surface area contributed by atoms with Gasteiger partial charge in [-0.15, -0.1) is 0 Å². The van der Waals surface area contributed by atoms with Crippen LogP contribution in [0.4, 0.5) is 10.1 Å². The summed E-state index contributed by atoms with van der Waals surface area (Å²) in [6.45, 7) is 0.630. The number of hydrogen-bond donors (Lipinski definition) is 3. The number of hydrogen-bond acceptors (Lipinski definition) is 5. The van der Waals surface area contributed by atoms with E-state index in [-0.39, 0.29) is 30.3 Å². The van der Waals surface area contributed by atoms with Crippen molar-refractivity contribution in [2.24, 2.45) is 5.92 Å². The van der Waals surface area contributed by atoms with Crippen molar-refractivity contribution in [3.63, 3.8) is 0 Å². The number of aliphatic hydroxyl groups excluding tert-OH is 2. The van der Waals surface area contributed by atoms with Crippen molar-refractivity contribution >= 4 is 21.6 Å². The van der Waals surface area contributed by atoms with Crippen LogP contribution in [0.15, 0.2) is 72.8 Å². The van der Waals surface area contributed by atoms with Crippen LogP contribution >= 0.6 is 0 Å². The molecular formula is C34H43FN2O5S. The Morgan fingerprint density at radius 3 is 2.07 bits per heavy atom. The van der Waals surface area contributed by atoms with Gasteiger partial charge in [0.05, 0.1) is 24.3 Å². The van der Waals surface area contributed by atoms with Gasteiger partial charge in [-0.05, 0) is 97.9 Å². The molecule has 0 unspecified atom stereocenters. The summed E-state index contributed by atoms with van der Waals surface area (Å²) in [5.41, 5.74) is 4.84. The Hall–Kier alpha value is -3.11. The third-order valence-electron chi connectivity index (χ3n) is 8.14. The van der Waals surface area contributed by atoms with Crippen LogP contribution in [0.5, 0.6) is 0 Å². The smallest absolute Gasteiger partial charge is 0.233 e. The number of benzene rings is 3. The number of nitrogens with one attached hydrogen (secondary N) is 1. The maximum Gasteiger partial charge on any atom is 0.233 e. The first-order valence-electron chi connectivity index (χ1n) is 15.2. The summed E-state index contributed by atoms with van der Waals surface area (Å²) in [4.78, 5) is 15.4. The molecular weight excluding hydrogens is 567 g/mol. The molecule has 4 rings (SSSR count). The molecule has 1 heterocycles. The Balaban J connectivity index is 1.44. The van der Waals surface area contributed by atoms with Crippen molar-refractivity contribution in [2.45, 2.75) is 69.9 Å². The van der Waals surface area contributed by atoms with Gasteiger partial charge in [0.1, 0.15) is 5.82 Å². The fraction of sp³-hybridized carbons (Fsp3) is 0.441. The van der Waals surface area contributed by atoms with Gasteiger partial charge in [0.25, 0.3) is 0 Å². The number of aliphatic hydroxyl groups is 2. The second-order valence-electron chi connectivity index (χ2n) is 11.5. The fourth-order valence-corrected chi connectivity index (χ4v) is 6.24. The molecule has 9 heteroatoms. The van der Waals surface area contributed by atoms with Crippen molar-refractivity contribution in [3.8, 4) is 0 Å². The number of nitrogens with zero attached hydrogens (tertiary/aromatic N) is 1. The maximum absolute atomic E-state index is 13.5. The van der Waals surface area contributed by atoms with E-state index in [1.54, 1.807) is 12.1 Å². The number of rotatable bonds is 17. The van der Waals surface area contributed by atoms with E-state index in [4.69, 9.17) is 5.11 Å². The molecule has 1 saturated heterocycles. The van der Waals surface area contributed by atoms with E-state index in [9.17, 15) is 22.7 Å². The molecule has 0 saturated carbocycles. The van der Waals surface area contributed by atoms with Crippen molar-refractivity contribution in [1.82, 2.24) is 4.72 Å². The molecule has 0 radical (unpaired) electrons. The number of carbonyl (C=O) groups excluding carboxylic acids is 1. The molecule has 3 atom stereocenters. The third kappa shape index (κ3) is 9.44. The fourth-order valence-electron chi connectivity index (χ4n) is 5.72. The van der Waals surface area contributed by atoms with Crippen molar-refractivity contribution in [3.05, 3.63) is 101 Å². The average Bonchev–Trinajstić information content (AvgIpc) is 2.99. The molecule has 1 fully saturated rings. The van der Waals surface area contributed by atoms with Gasteiger partial charge in [-0.3, -0.25) is 4.79 Å². The zero-order valence-corrected chi connectivity index (χ0v) is 25.6. The third-order valence-corrected chi connectivity index (χ3v) is 8.86. The van der Waals surface area contributed by atoms with Crippen LogP contribution in [-0.4, -0.2) is 43.9 Å². The van der Waals surface area contributed by atoms with E-state index in [2.05, 4.69) is 29.0 Å². The first-order valence-corrected chi connectivity index (χ1v) is 17.1. The Morgan fingerprint density at radius 1 is 0.860 bits per heavy atom. The molecule has 1 aliphatic heterocycles. The number of halogens is 1. The van der Waals surface area contributed by atoms with Gasteiger partial charge in [-0.2, -0.15) is 0 Å². The minimum atomic E-state index is -3.18. The van der Waals surface area contributed by atoms with Gasteiger partial charge in [0.2, 0.25) is 15.9 Å². The molecule has 0 spiro atoms. The van der Waals surface area contributed by atoms with Gasteiger partial charge in [-0.1, -0.05) is 55.0 Å². The molecule has 3 aromatic carbocycles. The summed E-state index contributed by atoms with van der Waals surface area (Å²) >= 11 is 0. The highest BCUT2D eigenvalue weighted by molar-refractivity contribution is 7.88. The summed E-state index contributed by atoms with van der Waals surface area (Å²) in [7, 11) is -3.18. The molecule has 7 nitrogen and oxygen atoms in total. The first kappa shape index (κ1) is 32.8. The topological polar surface area (TPSA) is 107 Å². The highest BCUT2D eigenvalue weighted by Gasteiger charge is 2.48. The van der Waals surface area contributed by atoms with E-state index in [0.29, 0.717) is 24.9 Å². The molecule has 3 N–H and O–H groups in total. The van der Waals surface area contributed by atoms with E-state index in [0.717, 1.165) is 68.0 Å². The van der Waals surface area contributed by atoms with Crippen LogP contribution in [-0.2, 0) is 27.7 Å². The van der Waals surface area contributed by atoms with Crippen molar-refractivity contribution in [2.75, 3.05) is 24.3 Å². The molecule has 232 valence electrons. The maximum atomic E-state index is 13.5. The zero-order chi connectivity index (χ0) is 30.8. The monoisotopic (exact) mass is 610 g/mol. The van der Waals surface area contributed by atoms with Crippen molar-refractivity contribution in [1.29, 1.82) is 0 Å². The molecule has 3 aromatic rings. The Morgan fingerprint density at radius 2 is 1.47 bits per heavy atom. The van der Waals surface area contributed by atoms with Crippen LogP contribution in [0.1, 0.15) is 79.3 Å². The lowest BCUT2D eigenvalue weighted by Crippen LogP contribution is -2.55. The van der Waals surface area contributed by atoms with E-state index < -0.39 is 16.1 Å². The van der Waals surface area contributed by atoms with Crippen LogP contribution < -0.4 is 9.62 Å². The summed E-state index contributed by atoms with van der Waals surface area (Å²) in [6, 6.07) is 22.0. The van der Waals surface area contributed by atoms with Gasteiger partial charge in [0, 0.05) is 18.8 Å². The van der Waals surface area contributed by atoms with E-state index in [1.807, 2.05) is 29.2 Å². The zero-order valence-electron chi connectivity index (χ0n) is 24.8. The SMILES string of the molecule is CS(=O)(=O)NCCCCc1ccc(N2C(=O)[C@H](CC[C@H](O)c3ccc(F)cc3)[C@H]2c2ccc(CCCCCO)cc2)cc1. The highest BCUT2D eigenvalue weighted by Crippen LogP contribution is 2.46. The molecule has 0 aromatic heterocycles. The predicted molar refractivity (Wildman–Crippen MR) is 168 cm³/mol. The van der Waals surface area contributed by atoms with E-state index >= 15 is 0 Å². The molecule has 0 aliphatic carbocycles. The lowest BCUT2D eigenvalue weighted by molar-refractivity contribution is -0.131. The van der Waals surface area contributed by atoms with Crippen LogP contribution in [0.2, 0.25) is 0 Å². The number of aryl methyl sites for hydroxylation is 2. The van der Waals surface area contributed by atoms with Crippen LogP contribution in [0, 0.1) is 11.7 Å². The predicted octanol–water partition coefficient (Wildman–Crippen LogP) is 5.62. The van der Waals surface area contributed by atoms with Gasteiger partial charge in [-0.25, -0.2) is 17.5 Å². The number of unbranched alkanes of at least 4 members (excludes halogenated alkanes) is 3. The quantitative estimate of drug-likeness (QED) is 0.136. The summed E-state index contributed by atoms with van der Waals surface area (Å²) in [5, 5.41) is 19.8. The number of β-lactam (4-membered cyclic amide) rings is 1. The standard InChI is InChI=1S/C34H43FN2O5S/c1-43(41,42)36-23-5-4-8-26-11-19-30(20-12-26)37-33(28-13-9-25(10-14-28)7-3-2-6-24-38)31(34(37)40)21-22-32(39)27-15-17-29(35)18-16-27/h9-20,31-33,36,38-39H,2-8,21-24H2,1H3/t31-,32+,33-/m1/s1. The second-order valence-corrected chi connectivity index (χ2v) is 13.3. The minimum absolute atomic E-state index is 0.0176. The Bertz CT molecular complexity index is 1410. The minimum Gasteiger partial charge on any atom is -0.396 e. The number of carbonyl (C=O) groups is 1. The van der Waals surface area contributed by atoms with Crippen LogP contribution in [0.25, 0.3) is 0 Å². The Labute approximate surface area is 254 Å². The summed E-state index contributed by atoms with van der Waals surface area (Å²) in [6.07, 6.45) is 7.40. The highest BCUT2D eigenvalue weighted by atomic mass is 32.2. The average molecular weight is 611 g/mol. The lowest BCUT2D eigenvalue weighted by atomic mass is 9.78. The van der Waals surface area contributed by atoms with Crippen LogP contribution in [0.3, 0.4) is 0 Å². The summed E-state index contributed by atoms with van der Waals surface area (Å²) in [5.74, 6) is -0.621. The number of anilines is 1. The molecule has 1 aliphatic rings. The Kier molecular flexibility index (Phi) is 11.9. The number of sulfonamides is 1. The van der Waals surface area contributed by atoms with Gasteiger partial charge in [0.15, 0.2) is 0 Å². The normalized spacial score (nSPS) is 17.6. The lowest BCUT2D eigenvalue weighted by Gasteiger charge is -2.48. The number of amides is 1. The second kappa shape index (κ2) is 15.6. The van der Waals surface area contributed by atoms with Gasteiger partial charge >= 0.3 is 0 Å². The van der Waals surface area contributed by atoms with E-state index in [1.165, 1.54) is 17.7 Å². The molecule has 43 heavy (non-hydrogen) atoms.